The molecule has 3 heterocycles. The average molecular weight is 361 g/mol. The van der Waals surface area contributed by atoms with Gasteiger partial charge < -0.3 is 9.64 Å². The number of hydrogen-bond donors (Lipinski definition) is 1. The second-order valence-electron chi connectivity index (χ2n) is 6.15. The lowest BCUT2D eigenvalue weighted by Crippen LogP contribution is -2.64. The maximum atomic E-state index is 13.7. The number of anilines is 1. The van der Waals surface area contributed by atoms with Crippen molar-refractivity contribution >= 4 is 28.3 Å². The van der Waals surface area contributed by atoms with Crippen LogP contribution in [-0.2, 0) is 4.74 Å². The molecule has 1 aromatic heterocycles. The molecule has 0 aliphatic carbocycles. The number of fused-ring (bicyclic) bond motifs is 1. The largest absolute Gasteiger partial charge is 0.410 e. The number of hydrogen-bond acceptors (Lipinski definition) is 4. The van der Waals surface area contributed by atoms with E-state index in [0.717, 1.165) is 0 Å². The Morgan fingerprint density at radius 2 is 2.04 bits per heavy atom. The maximum absolute atomic E-state index is 13.7. The van der Waals surface area contributed by atoms with Gasteiger partial charge in [0.1, 0.15) is 6.04 Å². The lowest BCUT2D eigenvalue weighted by molar-refractivity contribution is -0.165. The van der Waals surface area contributed by atoms with Crippen molar-refractivity contribution in [3.8, 4) is 0 Å². The second-order valence-corrected chi connectivity index (χ2v) is 6.55. The fourth-order valence-corrected chi connectivity index (χ4v) is 3.58. The zero-order valence-electron chi connectivity index (χ0n) is 12.7. The van der Waals surface area contributed by atoms with Gasteiger partial charge in [0.05, 0.1) is 35.2 Å². The SMILES string of the molecule is FC(F)(F)C1CN(C2COC2)CCN1c1n[nH]c2cccc(Cl)c12. The zero-order valence-corrected chi connectivity index (χ0v) is 13.4. The Labute approximate surface area is 141 Å². The average Bonchev–Trinajstić information content (AvgIpc) is 2.90. The molecule has 2 aliphatic heterocycles. The molecular weight excluding hydrogens is 345 g/mol. The van der Waals surface area contributed by atoms with Crippen molar-refractivity contribution in [3.05, 3.63) is 23.2 Å². The number of nitrogens with one attached hydrogen (secondary N) is 1. The number of halogens is 4. The van der Waals surface area contributed by atoms with Crippen LogP contribution >= 0.6 is 11.6 Å². The van der Waals surface area contributed by atoms with E-state index in [1.54, 1.807) is 18.2 Å². The minimum absolute atomic E-state index is 0.0801. The molecule has 0 spiro atoms. The van der Waals surface area contributed by atoms with Crippen LogP contribution < -0.4 is 4.90 Å². The first kappa shape index (κ1) is 16.0. The van der Waals surface area contributed by atoms with Crippen molar-refractivity contribution in [2.24, 2.45) is 0 Å². The molecule has 4 rings (SSSR count). The summed E-state index contributed by atoms with van der Waals surface area (Å²) in [7, 11) is 0. The predicted molar refractivity (Wildman–Crippen MR) is 84.5 cm³/mol. The minimum atomic E-state index is -4.35. The van der Waals surface area contributed by atoms with Crippen LogP contribution in [0.4, 0.5) is 19.0 Å². The van der Waals surface area contributed by atoms with Gasteiger partial charge in [-0.15, -0.1) is 0 Å². The highest BCUT2D eigenvalue weighted by molar-refractivity contribution is 6.36. The number of H-pyrrole nitrogens is 1. The molecule has 1 atom stereocenters. The number of aromatic nitrogens is 2. The van der Waals surface area contributed by atoms with E-state index in [1.165, 1.54) is 4.90 Å². The third-order valence-electron chi connectivity index (χ3n) is 4.72. The van der Waals surface area contributed by atoms with E-state index in [0.29, 0.717) is 35.7 Å². The number of piperazine rings is 1. The minimum Gasteiger partial charge on any atom is -0.378 e. The highest BCUT2D eigenvalue weighted by atomic mass is 35.5. The van der Waals surface area contributed by atoms with E-state index in [-0.39, 0.29) is 24.9 Å². The molecule has 9 heteroatoms. The number of rotatable bonds is 2. The molecule has 0 saturated carbocycles. The zero-order chi connectivity index (χ0) is 16.9. The fourth-order valence-electron chi connectivity index (χ4n) is 3.32. The van der Waals surface area contributed by atoms with E-state index in [9.17, 15) is 13.2 Å². The predicted octanol–water partition coefficient (Wildman–Crippen LogP) is 2.67. The normalized spacial score (nSPS) is 23.7. The number of alkyl halides is 3. The van der Waals surface area contributed by atoms with E-state index < -0.39 is 12.2 Å². The van der Waals surface area contributed by atoms with Gasteiger partial charge in [-0.05, 0) is 12.1 Å². The summed E-state index contributed by atoms with van der Waals surface area (Å²) in [5.74, 6) is 0.266. The molecule has 2 saturated heterocycles. The first-order valence-electron chi connectivity index (χ1n) is 7.73. The van der Waals surface area contributed by atoms with Crippen LogP contribution in [0, 0.1) is 0 Å². The quantitative estimate of drug-likeness (QED) is 0.894. The standard InChI is InChI=1S/C15H16ClF3N4O/c16-10-2-1-3-11-13(10)14(21-20-11)23-5-4-22(9-7-24-8-9)6-12(23)15(17,18)19/h1-3,9,12H,4-8H2,(H,20,21). The molecule has 1 aromatic carbocycles. The van der Waals surface area contributed by atoms with Crippen LogP contribution in [0.1, 0.15) is 0 Å². The number of ether oxygens (including phenoxy) is 1. The molecule has 0 bridgehead atoms. The van der Waals surface area contributed by atoms with E-state index in [4.69, 9.17) is 16.3 Å². The van der Waals surface area contributed by atoms with Gasteiger partial charge in [-0.2, -0.15) is 18.3 Å². The highest BCUT2D eigenvalue weighted by Crippen LogP contribution is 2.37. The van der Waals surface area contributed by atoms with Gasteiger partial charge in [0.15, 0.2) is 5.82 Å². The van der Waals surface area contributed by atoms with Crippen molar-refractivity contribution in [3.63, 3.8) is 0 Å². The molecule has 130 valence electrons. The molecule has 5 nitrogen and oxygen atoms in total. The Kier molecular flexibility index (Phi) is 3.85. The van der Waals surface area contributed by atoms with Crippen molar-refractivity contribution < 1.29 is 17.9 Å². The maximum Gasteiger partial charge on any atom is 0.410 e. The molecular formula is C15H16ClF3N4O. The van der Waals surface area contributed by atoms with Gasteiger partial charge in [0.25, 0.3) is 0 Å². The van der Waals surface area contributed by atoms with Gasteiger partial charge in [0.2, 0.25) is 0 Å². The summed E-state index contributed by atoms with van der Waals surface area (Å²) in [6.07, 6.45) is -4.35. The summed E-state index contributed by atoms with van der Waals surface area (Å²) in [4.78, 5) is 3.18. The van der Waals surface area contributed by atoms with E-state index in [2.05, 4.69) is 10.2 Å². The van der Waals surface area contributed by atoms with Gasteiger partial charge in [-0.1, -0.05) is 17.7 Å². The van der Waals surface area contributed by atoms with Crippen LogP contribution in [0.15, 0.2) is 18.2 Å². The van der Waals surface area contributed by atoms with Crippen LogP contribution in [0.2, 0.25) is 5.02 Å². The number of benzene rings is 1. The first-order valence-corrected chi connectivity index (χ1v) is 8.10. The van der Waals surface area contributed by atoms with Crippen molar-refractivity contribution in [1.82, 2.24) is 15.1 Å². The lowest BCUT2D eigenvalue weighted by Gasteiger charge is -2.47. The molecule has 2 aromatic rings. The molecule has 24 heavy (non-hydrogen) atoms. The van der Waals surface area contributed by atoms with Gasteiger partial charge in [-0.25, -0.2) is 0 Å². The molecule has 0 amide bonds. The van der Waals surface area contributed by atoms with Crippen molar-refractivity contribution in [1.29, 1.82) is 0 Å². The highest BCUT2D eigenvalue weighted by Gasteiger charge is 2.49. The van der Waals surface area contributed by atoms with Crippen LogP contribution in [0.5, 0.6) is 0 Å². The molecule has 1 N–H and O–H groups in total. The first-order chi connectivity index (χ1) is 11.4. The molecule has 2 aliphatic rings. The third-order valence-corrected chi connectivity index (χ3v) is 5.03. The van der Waals surface area contributed by atoms with E-state index >= 15 is 0 Å². The van der Waals surface area contributed by atoms with Crippen LogP contribution in [0.3, 0.4) is 0 Å². The summed E-state index contributed by atoms with van der Waals surface area (Å²) in [6, 6.07) is 3.61. The molecule has 1 unspecified atom stereocenters. The fraction of sp³-hybridized carbons (Fsp3) is 0.533. The number of nitrogens with zero attached hydrogens (tertiary/aromatic N) is 3. The van der Waals surface area contributed by atoms with Crippen molar-refractivity contribution in [2.45, 2.75) is 18.3 Å². The van der Waals surface area contributed by atoms with Crippen molar-refractivity contribution in [2.75, 3.05) is 37.7 Å². The monoisotopic (exact) mass is 360 g/mol. The van der Waals surface area contributed by atoms with Gasteiger partial charge in [0, 0.05) is 19.6 Å². The van der Waals surface area contributed by atoms with E-state index in [1.807, 2.05) is 4.90 Å². The van der Waals surface area contributed by atoms with Gasteiger partial charge >= 0.3 is 6.18 Å². The summed E-state index contributed by atoms with van der Waals surface area (Å²) >= 11 is 6.20. The molecule has 0 radical (unpaired) electrons. The van der Waals surface area contributed by atoms with Crippen LogP contribution in [-0.4, -0.2) is 66.2 Å². The lowest BCUT2D eigenvalue weighted by atomic mass is 10.1. The Bertz CT molecular complexity index is 746. The smallest absolute Gasteiger partial charge is 0.378 e. The summed E-state index contributed by atoms with van der Waals surface area (Å²) < 4.78 is 46.1. The second kappa shape index (κ2) is 5.79. The Morgan fingerprint density at radius 1 is 1.25 bits per heavy atom. The van der Waals surface area contributed by atoms with Crippen LogP contribution in [0.25, 0.3) is 10.9 Å². The topological polar surface area (TPSA) is 44.4 Å². The summed E-state index contributed by atoms with van der Waals surface area (Å²) in [5, 5.41) is 7.83. The Hall–Kier alpha value is -1.51. The number of aromatic amines is 1. The Morgan fingerprint density at radius 3 is 2.71 bits per heavy atom. The summed E-state index contributed by atoms with van der Waals surface area (Å²) in [5.41, 5.74) is 0.633. The third kappa shape index (κ3) is 2.62. The molecule has 2 fully saturated rings. The summed E-state index contributed by atoms with van der Waals surface area (Å²) in [6.45, 7) is 1.70. The van der Waals surface area contributed by atoms with Gasteiger partial charge in [-0.3, -0.25) is 10.00 Å². The Balaban J connectivity index is 1.69.